The molecule has 0 radical (unpaired) electrons. The summed E-state index contributed by atoms with van der Waals surface area (Å²) in [4.78, 5) is 17.6. The Kier molecular flexibility index (Phi) is 7.31. The number of anilines is 1. The molecule has 2 aromatic carbocycles. The molecule has 2 unspecified atom stereocenters. The monoisotopic (exact) mass is 457 g/mol. The molecule has 5 nitrogen and oxygen atoms in total. The van der Waals surface area contributed by atoms with Gasteiger partial charge in [-0.1, -0.05) is 42.1 Å². The standard InChI is InChI=1S/C27H27N3O2S/c1-3-32-24-12-10-23(11-13-24)29-26(31)18(2)33-27-22(17-28)16-21-15-20(9-14-25(21)30-27)19-7-5-4-6-8-19/h4-8,10-13,16,18,20H,3,9,14-15H2,1-2H3,(H,29,31). The number of benzene rings is 2. The predicted octanol–water partition coefficient (Wildman–Crippen LogP) is 5.74. The molecule has 2 atom stereocenters. The van der Waals surface area contributed by atoms with Gasteiger partial charge in [0.25, 0.3) is 0 Å². The van der Waals surface area contributed by atoms with E-state index in [0.29, 0.717) is 28.8 Å². The van der Waals surface area contributed by atoms with Crippen molar-refractivity contribution in [1.29, 1.82) is 5.26 Å². The fourth-order valence-electron chi connectivity index (χ4n) is 4.09. The number of nitriles is 1. The molecule has 0 aliphatic heterocycles. The van der Waals surface area contributed by atoms with Crippen LogP contribution in [0.4, 0.5) is 5.69 Å². The first kappa shape index (κ1) is 22.9. The van der Waals surface area contributed by atoms with E-state index < -0.39 is 5.25 Å². The van der Waals surface area contributed by atoms with Gasteiger partial charge in [0.2, 0.25) is 5.91 Å². The van der Waals surface area contributed by atoms with Crippen LogP contribution in [0.5, 0.6) is 5.75 Å². The van der Waals surface area contributed by atoms with Gasteiger partial charge in [-0.3, -0.25) is 4.79 Å². The van der Waals surface area contributed by atoms with Crippen molar-refractivity contribution >= 4 is 23.4 Å². The molecule has 0 bridgehead atoms. The Morgan fingerprint density at radius 3 is 2.70 bits per heavy atom. The molecule has 1 N–H and O–H groups in total. The van der Waals surface area contributed by atoms with Crippen LogP contribution in [0.2, 0.25) is 0 Å². The van der Waals surface area contributed by atoms with E-state index in [1.54, 1.807) is 0 Å². The molecule has 1 amide bonds. The highest BCUT2D eigenvalue weighted by Crippen LogP contribution is 2.35. The molecular formula is C27H27N3O2S. The summed E-state index contributed by atoms with van der Waals surface area (Å²) in [6.07, 6.45) is 2.80. The average molecular weight is 458 g/mol. The molecule has 0 fully saturated rings. The maximum Gasteiger partial charge on any atom is 0.237 e. The van der Waals surface area contributed by atoms with Crippen molar-refractivity contribution in [2.75, 3.05) is 11.9 Å². The Bertz CT molecular complexity index is 1160. The Morgan fingerprint density at radius 1 is 1.24 bits per heavy atom. The fraction of sp³-hybridized carbons (Fsp3) is 0.296. The molecule has 1 aliphatic rings. The summed E-state index contributed by atoms with van der Waals surface area (Å²) >= 11 is 1.33. The van der Waals surface area contributed by atoms with Gasteiger partial charge in [-0.15, -0.1) is 0 Å². The summed E-state index contributed by atoms with van der Waals surface area (Å²) in [5.41, 5.74) is 4.76. The SMILES string of the molecule is CCOc1ccc(NC(=O)C(C)Sc2nc3c(cc2C#N)CC(c2ccccc2)CC3)cc1. The molecule has 168 valence electrons. The summed E-state index contributed by atoms with van der Waals surface area (Å²) in [5.74, 6) is 1.09. The number of pyridine rings is 1. The molecule has 33 heavy (non-hydrogen) atoms. The molecule has 1 aliphatic carbocycles. The zero-order valence-corrected chi connectivity index (χ0v) is 19.7. The molecule has 0 spiro atoms. The van der Waals surface area contributed by atoms with Gasteiger partial charge in [-0.05, 0) is 80.5 Å². The van der Waals surface area contributed by atoms with Gasteiger partial charge in [0.1, 0.15) is 16.8 Å². The second kappa shape index (κ2) is 10.5. The first-order valence-electron chi connectivity index (χ1n) is 11.3. The summed E-state index contributed by atoms with van der Waals surface area (Å²) < 4.78 is 5.44. The summed E-state index contributed by atoms with van der Waals surface area (Å²) in [7, 11) is 0. The van der Waals surface area contributed by atoms with Crippen molar-refractivity contribution in [2.45, 2.75) is 49.3 Å². The lowest BCUT2D eigenvalue weighted by Gasteiger charge is -2.25. The third-order valence-corrected chi connectivity index (χ3v) is 6.94. The number of aryl methyl sites for hydroxylation is 1. The number of thioether (sulfide) groups is 1. The molecule has 3 aromatic rings. The third kappa shape index (κ3) is 5.55. The van der Waals surface area contributed by atoms with E-state index in [-0.39, 0.29) is 5.91 Å². The minimum absolute atomic E-state index is 0.128. The number of rotatable bonds is 7. The van der Waals surface area contributed by atoms with Crippen molar-refractivity contribution in [3.8, 4) is 11.8 Å². The van der Waals surface area contributed by atoms with Gasteiger partial charge in [-0.25, -0.2) is 4.98 Å². The van der Waals surface area contributed by atoms with E-state index in [2.05, 4.69) is 35.7 Å². The van der Waals surface area contributed by atoms with Crippen LogP contribution in [0, 0.1) is 11.3 Å². The van der Waals surface area contributed by atoms with Gasteiger partial charge in [0.05, 0.1) is 17.4 Å². The van der Waals surface area contributed by atoms with Gasteiger partial charge >= 0.3 is 0 Å². The second-order valence-corrected chi connectivity index (χ2v) is 9.45. The van der Waals surface area contributed by atoms with Crippen molar-refractivity contribution in [3.63, 3.8) is 0 Å². The summed E-state index contributed by atoms with van der Waals surface area (Å²) in [6.45, 7) is 4.37. The Labute approximate surface area is 199 Å². The van der Waals surface area contributed by atoms with Gasteiger partial charge in [-0.2, -0.15) is 5.26 Å². The second-order valence-electron chi connectivity index (χ2n) is 8.12. The number of carbonyl (C=O) groups is 1. The van der Waals surface area contributed by atoms with Crippen LogP contribution in [0.15, 0.2) is 65.7 Å². The number of nitrogens with one attached hydrogen (secondary N) is 1. The van der Waals surface area contributed by atoms with Crippen molar-refractivity contribution in [2.24, 2.45) is 0 Å². The van der Waals surface area contributed by atoms with E-state index in [1.165, 1.54) is 17.3 Å². The van der Waals surface area contributed by atoms with Crippen LogP contribution >= 0.6 is 11.8 Å². The summed E-state index contributed by atoms with van der Waals surface area (Å²) in [6, 6.07) is 22.1. The highest BCUT2D eigenvalue weighted by atomic mass is 32.2. The van der Waals surface area contributed by atoms with Crippen molar-refractivity contribution < 1.29 is 9.53 Å². The Morgan fingerprint density at radius 2 is 2.00 bits per heavy atom. The quantitative estimate of drug-likeness (QED) is 0.458. The minimum atomic E-state index is -0.394. The van der Waals surface area contributed by atoms with Crippen LogP contribution in [0.3, 0.4) is 0 Å². The zero-order chi connectivity index (χ0) is 23.2. The van der Waals surface area contributed by atoms with Crippen molar-refractivity contribution in [1.82, 2.24) is 4.98 Å². The Balaban J connectivity index is 1.44. The lowest BCUT2D eigenvalue weighted by Crippen LogP contribution is -2.23. The average Bonchev–Trinajstić information content (AvgIpc) is 2.85. The van der Waals surface area contributed by atoms with Crippen LogP contribution in [-0.2, 0) is 17.6 Å². The number of hydrogen-bond donors (Lipinski definition) is 1. The smallest absolute Gasteiger partial charge is 0.237 e. The first-order valence-corrected chi connectivity index (χ1v) is 12.1. The highest BCUT2D eigenvalue weighted by molar-refractivity contribution is 8.00. The Hall–Kier alpha value is -3.30. The lowest BCUT2D eigenvalue weighted by atomic mass is 9.82. The largest absolute Gasteiger partial charge is 0.494 e. The van der Waals surface area contributed by atoms with Crippen LogP contribution in [-0.4, -0.2) is 22.7 Å². The number of amides is 1. The first-order chi connectivity index (χ1) is 16.1. The number of nitrogens with zero attached hydrogens (tertiary/aromatic N) is 2. The molecule has 4 rings (SSSR count). The number of ether oxygens (including phenoxy) is 1. The van der Waals surface area contributed by atoms with Crippen LogP contribution < -0.4 is 10.1 Å². The third-order valence-electron chi connectivity index (χ3n) is 5.83. The lowest BCUT2D eigenvalue weighted by molar-refractivity contribution is -0.115. The maximum absolute atomic E-state index is 12.7. The van der Waals surface area contributed by atoms with Gasteiger partial charge < -0.3 is 10.1 Å². The van der Waals surface area contributed by atoms with Gasteiger partial charge in [0, 0.05) is 11.4 Å². The van der Waals surface area contributed by atoms with Crippen LogP contribution in [0.1, 0.15) is 48.6 Å². The van der Waals surface area contributed by atoms with E-state index in [9.17, 15) is 10.1 Å². The zero-order valence-electron chi connectivity index (χ0n) is 18.9. The number of hydrogen-bond acceptors (Lipinski definition) is 5. The number of carbonyl (C=O) groups excluding carboxylic acids is 1. The molecule has 0 saturated carbocycles. The number of fused-ring (bicyclic) bond motifs is 1. The van der Waals surface area contributed by atoms with E-state index >= 15 is 0 Å². The molecule has 0 saturated heterocycles. The van der Waals surface area contributed by atoms with E-state index in [0.717, 1.165) is 36.3 Å². The fourth-order valence-corrected chi connectivity index (χ4v) is 4.99. The molecule has 1 heterocycles. The minimum Gasteiger partial charge on any atom is -0.494 e. The highest BCUT2D eigenvalue weighted by Gasteiger charge is 2.24. The van der Waals surface area contributed by atoms with E-state index in [4.69, 9.17) is 9.72 Å². The normalized spacial score (nSPS) is 15.7. The van der Waals surface area contributed by atoms with Crippen LogP contribution in [0.25, 0.3) is 0 Å². The maximum atomic E-state index is 12.7. The predicted molar refractivity (Wildman–Crippen MR) is 132 cm³/mol. The molecular weight excluding hydrogens is 430 g/mol. The molecule has 1 aromatic heterocycles. The topological polar surface area (TPSA) is 75.0 Å². The summed E-state index contributed by atoms with van der Waals surface area (Å²) in [5, 5.41) is 12.9. The molecule has 6 heteroatoms. The van der Waals surface area contributed by atoms with Crippen molar-refractivity contribution in [3.05, 3.63) is 83.0 Å². The van der Waals surface area contributed by atoms with Gasteiger partial charge in [0.15, 0.2) is 0 Å². The number of aromatic nitrogens is 1. The van der Waals surface area contributed by atoms with E-state index in [1.807, 2.05) is 50.2 Å².